The predicted molar refractivity (Wildman–Crippen MR) is 392 cm³/mol. The molecule has 4 heterocycles. The molecular formula is C89H63N5. The number of para-hydroxylation sites is 3. The summed E-state index contributed by atoms with van der Waals surface area (Å²) in [5.41, 5.74) is 32.1. The number of rotatable bonds is 6. The zero-order chi connectivity index (χ0) is 62.7. The maximum atomic E-state index is 5.79. The van der Waals surface area contributed by atoms with Crippen molar-refractivity contribution in [3.8, 4) is 84.2 Å². The van der Waals surface area contributed by atoms with E-state index in [1.165, 1.54) is 127 Å². The van der Waals surface area contributed by atoms with Crippen molar-refractivity contribution in [2.75, 3.05) is 0 Å². The molecular weight excluding hydrogens is 1140 g/mol. The van der Waals surface area contributed by atoms with E-state index in [0.717, 1.165) is 61.4 Å². The van der Waals surface area contributed by atoms with E-state index in [0.29, 0.717) is 5.82 Å². The average Bonchev–Trinajstić information content (AvgIpc) is 1.55. The second-order valence-electron chi connectivity index (χ2n) is 28.0. The summed E-state index contributed by atoms with van der Waals surface area (Å²) in [6, 6.07) is 102. The van der Waals surface area contributed by atoms with Gasteiger partial charge in [-0.25, -0.2) is 9.97 Å². The molecule has 13 aromatic carbocycles. The summed E-state index contributed by atoms with van der Waals surface area (Å²) in [5, 5.41) is 8.61. The summed E-state index contributed by atoms with van der Waals surface area (Å²) in [7, 11) is 0. The fraction of sp³-hybridized carbons (Fsp3) is 0.101. The van der Waals surface area contributed by atoms with Crippen LogP contribution in [0.15, 0.2) is 273 Å². The van der Waals surface area contributed by atoms with Crippen LogP contribution in [0.2, 0.25) is 0 Å². The van der Waals surface area contributed by atoms with Gasteiger partial charge in [-0.3, -0.25) is 0 Å². The minimum Gasteiger partial charge on any atom is -0.309 e. The zero-order valence-electron chi connectivity index (χ0n) is 53.2. The van der Waals surface area contributed by atoms with Gasteiger partial charge in [0, 0.05) is 82.1 Å². The average molecular weight is 1200 g/mol. The van der Waals surface area contributed by atoms with Gasteiger partial charge >= 0.3 is 0 Å². The van der Waals surface area contributed by atoms with Crippen LogP contribution in [0.3, 0.4) is 0 Å². The highest BCUT2D eigenvalue weighted by molar-refractivity contribution is 6.21. The third kappa shape index (κ3) is 7.08. The Hall–Kier alpha value is -11.4. The first-order chi connectivity index (χ1) is 45.9. The Morgan fingerprint density at radius 1 is 0.255 bits per heavy atom. The molecule has 0 fully saturated rings. The van der Waals surface area contributed by atoms with Gasteiger partial charge in [-0.2, -0.15) is 0 Å². The molecule has 444 valence electrons. The molecule has 3 aliphatic carbocycles. The summed E-state index contributed by atoms with van der Waals surface area (Å²) in [6.07, 6.45) is 0. The molecule has 0 saturated heterocycles. The Morgan fingerprint density at radius 3 is 1.06 bits per heavy atom. The van der Waals surface area contributed by atoms with Crippen LogP contribution in [-0.4, -0.2) is 23.7 Å². The molecule has 5 heteroatoms. The predicted octanol–water partition coefficient (Wildman–Crippen LogP) is 22.8. The lowest BCUT2D eigenvalue weighted by Gasteiger charge is -2.21. The van der Waals surface area contributed by atoms with Crippen LogP contribution in [0.1, 0.15) is 74.9 Å². The lowest BCUT2D eigenvalue weighted by atomic mass is 9.82. The van der Waals surface area contributed by atoms with Gasteiger partial charge in [-0.05, 0) is 163 Å². The van der Waals surface area contributed by atoms with Crippen molar-refractivity contribution in [2.24, 2.45) is 0 Å². The molecule has 0 unspecified atom stereocenters. The normalized spacial score (nSPS) is 14.5. The highest BCUT2D eigenvalue weighted by atomic mass is 15.0. The van der Waals surface area contributed by atoms with Crippen LogP contribution in [0, 0.1) is 0 Å². The van der Waals surface area contributed by atoms with E-state index in [2.05, 4.69) is 328 Å². The number of hydrogen-bond donors (Lipinski definition) is 0. The van der Waals surface area contributed by atoms with Crippen molar-refractivity contribution in [2.45, 2.75) is 57.8 Å². The summed E-state index contributed by atoms with van der Waals surface area (Å²) >= 11 is 0. The first-order valence-corrected chi connectivity index (χ1v) is 33.1. The second kappa shape index (κ2) is 18.9. The molecule has 0 N–H and O–H groups in total. The number of benzene rings is 13. The molecule has 0 aliphatic heterocycles. The Labute approximate surface area is 545 Å². The van der Waals surface area contributed by atoms with E-state index in [-0.39, 0.29) is 16.2 Å². The van der Waals surface area contributed by atoms with Gasteiger partial charge in [-0.1, -0.05) is 230 Å². The van der Waals surface area contributed by atoms with E-state index >= 15 is 0 Å². The van der Waals surface area contributed by atoms with Crippen molar-refractivity contribution in [1.82, 2.24) is 23.7 Å². The quantitative estimate of drug-likeness (QED) is 0.166. The van der Waals surface area contributed by atoms with E-state index in [9.17, 15) is 0 Å². The van der Waals surface area contributed by atoms with Gasteiger partial charge in [0.1, 0.15) is 0 Å². The maximum Gasteiger partial charge on any atom is 0.160 e. The molecule has 0 spiro atoms. The lowest BCUT2D eigenvalue weighted by molar-refractivity contribution is 0.660. The topological polar surface area (TPSA) is 40.6 Å². The van der Waals surface area contributed by atoms with Gasteiger partial charge in [0.15, 0.2) is 5.82 Å². The summed E-state index contributed by atoms with van der Waals surface area (Å²) in [4.78, 5) is 11.4. The van der Waals surface area contributed by atoms with Gasteiger partial charge in [-0.15, -0.1) is 0 Å². The molecule has 0 amide bonds. The third-order valence-electron chi connectivity index (χ3n) is 22.0. The lowest BCUT2D eigenvalue weighted by Crippen LogP contribution is -2.14. The highest BCUT2D eigenvalue weighted by Crippen LogP contribution is 2.57. The minimum absolute atomic E-state index is 0.107. The fourth-order valence-corrected chi connectivity index (χ4v) is 17.6. The number of aromatic nitrogens is 5. The number of fused-ring (bicyclic) bond motifs is 22. The third-order valence-corrected chi connectivity index (χ3v) is 22.0. The van der Waals surface area contributed by atoms with Gasteiger partial charge in [0.2, 0.25) is 0 Å². The molecule has 4 aromatic heterocycles. The molecule has 17 aromatic rings. The van der Waals surface area contributed by atoms with Crippen molar-refractivity contribution in [3.63, 3.8) is 0 Å². The Kier molecular flexibility index (Phi) is 10.7. The van der Waals surface area contributed by atoms with Crippen LogP contribution < -0.4 is 0 Å². The van der Waals surface area contributed by atoms with Crippen LogP contribution in [-0.2, 0) is 16.2 Å². The fourth-order valence-electron chi connectivity index (χ4n) is 17.6. The van der Waals surface area contributed by atoms with Crippen molar-refractivity contribution < 1.29 is 0 Å². The van der Waals surface area contributed by atoms with Crippen LogP contribution in [0.25, 0.3) is 161 Å². The van der Waals surface area contributed by atoms with E-state index < -0.39 is 0 Å². The van der Waals surface area contributed by atoms with Crippen LogP contribution >= 0.6 is 0 Å². The first-order valence-electron chi connectivity index (χ1n) is 33.1. The monoisotopic (exact) mass is 1200 g/mol. The summed E-state index contributed by atoms with van der Waals surface area (Å²) < 4.78 is 7.38. The Balaban J connectivity index is 0.779. The summed E-state index contributed by atoms with van der Waals surface area (Å²) in [6.45, 7) is 14.2. The second-order valence-corrected chi connectivity index (χ2v) is 28.0. The first kappa shape index (κ1) is 53.3. The molecule has 0 radical (unpaired) electrons. The van der Waals surface area contributed by atoms with Gasteiger partial charge < -0.3 is 13.7 Å². The van der Waals surface area contributed by atoms with E-state index in [1.807, 2.05) is 0 Å². The van der Waals surface area contributed by atoms with Crippen LogP contribution in [0.4, 0.5) is 0 Å². The molecule has 20 rings (SSSR count). The van der Waals surface area contributed by atoms with Crippen molar-refractivity contribution in [1.29, 1.82) is 0 Å². The largest absolute Gasteiger partial charge is 0.309 e. The minimum atomic E-state index is -0.126. The molecule has 0 saturated carbocycles. The zero-order valence-corrected chi connectivity index (χ0v) is 53.2. The van der Waals surface area contributed by atoms with Crippen molar-refractivity contribution >= 4 is 76.3 Å². The SMILES string of the molecule is CC1(C)c2ccccc2-c2c1ccc1c2c2ccccc2n1-c1cccc(-c2ccc3nc(-c4cccc(-n5c6ccccc6c6c7c(ccc65)C(C)(C)c5ccccc5-7)c4)nc(-c4cccc(-n5c6ccccc6c6c7c(ccc65)C(C)(C)c5ccccc5-7)c4)c3c2)c1. The maximum absolute atomic E-state index is 5.79. The molecule has 0 bridgehead atoms. The van der Waals surface area contributed by atoms with Crippen LogP contribution in [0.5, 0.6) is 0 Å². The number of nitrogens with zero attached hydrogens (tertiary/aromatic N) is 5. The molecule has 0 atom stereocenters. The summed E-state index contributed by atoms with van der Waals surface area (Å²) in [5.74, 6) is 0.666. The van der Waals surface area contributed by atoms with E-state index in [1.54, 1.807) is 0 Å². The molecule has 3 aliphatic rings. The van der Waals surface area contributed by atoms with E-state index in [4.69, 9.17) is 9.97 Å². The number of hydrogen-bond acceptors (Lipinski definition) is 2. The Bertz CT molecular complexity index is 6210. The molecule has 5 nitrogen and oxygen atoms in total. The standard InChI is InChI=1S/C89H63N5/c1-87(2)66-34-13-7-28-59(66)79-69(87)41-45-76-82(79)62-31-10-16-37-73(62)92(76)56-25-19-22-52(48-56)53-40-44-72-65(51-53)85(54-23-20-26-57(49-54)93-74-38-17-11-32-63(74)83-77(93)46-42-70-80(83)60-29-8-14-35-67(60)88(70,3)4)91-86(90-72)55-24-21-27-58(50-55)94-75-39-18-12-33-64(75)84-78(94)47-43-71-81(84)61-30-9-15-36-68(61)89(71,5)6/h7-51H,1-6H3. The van der Waals surface area contributed by atoms with Gasteiger partial charge in [0.05, 0.1) is 44.3 Å². The Morgan fingerprint density at radius 2 is 0.617 bits per heavy atom. The smallest absolute Gasteiger partial charge is 0.160 e. The van der Waals surface area contributed by atoms with Crippen molar-refractivity contribution in [3.05, 3.63) is 306 Å². The van der Waals surface area contributed by atoms with Gasteiger partial charge in [0.25, 0.3) is 0 Å². The molecule has 94 heavy (non-hydrogen) atoms. The highest BCUT2D eigenvalue weighted by Gasteiger charge is 2.40.